The maximum atomic E-state index is 12.5. The van der Waals surface area contributed by atoms with Gasteiger partial charge in [0.15, 0.2) is 5.78 Å². The Hall–Kier alpha value is -3.34. The fraction of sp³-hybridized carbons (Fsp3) is 0.208. The first-order valence-electron chi connectivity index (χ1n) is 10.6. The molecule has 1 aromatic heterocycles. The molecular formula is C24H23N3O5S2. The SMILES string of the molecule is CC(=O)c1ccc(S(=O)(=O)NCc2ccc(C(=O)NNC(=O)c3cc4c(s3)CCC4)cc2)cc1. The fourth-order valence-electron chi connectivity index (χ4n) is 3.59. The lowest BCUT2D eigenvalue weighted by Crippen LogP contribution is -2.41. The normalized spacial score (nSPS) is 12.7. The molecule has 0 bridgehead atoms. The number of carbonyl (C=O) groups excluding carboxylic acids is 3. The first-order valence-corrected chi connectivity index (χ1v) is 12.9. The minimum atomic E-state index is -3.76. The Morgan fingerprint density at radius 2 is 1.53 bits per heavy atom. The van der Waals surface area contributed by atoms with Crippen LogP contribution in [-0.4, -0.2) is 26.0 Å². The molecule has 2 amide bonds. The van der Waals surface area contributed by atoms with Crippen molar-refractivity contribution in [1.29, 1.82) is 0 Å². The zero-order chi connectivity index (χ0) is 24.3. The van der Waals surface area contributed by atoms with E-state index in [9.17, 15) is 22.8 Å². The summed E-state index contributed by atoms with van der Waals surface area (Å²) in [6.07, 6.45) is 3.10. The number of hydrogen-bond donors (Lipinski definition) is 3. The predicted molar refractivity (Wildman–Crippen MR) is 128 cm³/mol. The second kappa shape index (κ2) is 9.88. The summed E-state index contributed by atoms with van der Waals surface area (Å²) in [6, 6.07) is 13.9. The van der Waals surface area contributed by atoms with Crippen LogP contribution in [0.4, 0.5) is 0 Å². The number of nitrogens with one attached hydrogen (secondary N) is 3. The summed E-state index contributed by atoms with van der Waals surface area (Å²) in [5, 5.41) is 0. The number of sulfonamides is 1. The van der Waals surface area contributed by atoms with E-state index in [0.717, 1.165) is 19.3 Å². The van der Waals surface area contributed by atoms with Crippen molar-refractivity contribution < 1.29 is 22.8 Å². The van der Waals surface area contributed by atoms with Crippen LogP contribution in [0.2, 0.25) is 0 Å². The highest BCUT2D eigenvalue weighted by atomic mass is 32.2. The molecule has 1 aliphatic carbocycles. The Labute approximate surface area is 201 Å². The lowest BCUT2D eigenvalue weighted by Gasteiger charge is -2.09. The van der Waals surface area contributed by atoms with Gasteiger partial charge < -0.3 is 0 Å². The van der Waals surface area contributed by atoms with E-state index in [0.29, 0.717) is 21.6 Å². The second-order valence-corrected chi connectivity index (χ2v) is 10.8. The van der Waals surface area contributed by atoms with Gasteiger partial charge in [-0.05, 0) is 67.6 Å². The lowest BCUT2D eigenvalue weighted by molar-refractivity contribution is 0.0849. The fourth-order valence-corrected chi connectivity index (χ4v) is 5.76. The number of Topliss-reactive ketones (excluding diaryl/α,β-unsaturated/α-hetero) is 1. The van der Waals surface area contributed by atoms with E-state index < -0.39 is 15.9 Å². The molecule has 3 aromatic rings. The van der Waals surface area contributed by atoms with Crippen molar-refractivity contribution in [3.05, 3.63) is 86.6 Å². The maximum absolute atomic E-state index is 12.5. The lowest BCUT2D eigenvalue weighted by atomic mass is 10.1. The summed E-state index contributed by atoms with van der Waals surface area (Å²) < 4.78 is 27.4. The van der Waals surface area contributed by atoms with Crippen LogP contribution >= 0.6 is 11.3 Å². The number of thiophene rings is 1. The molecule has 10 heteroatoms. The Morgan fingerprint density at radius 1 is 0.882 bits per heavy atom. The Kier molecular flexibility index (Phi) is 6.92. The molecule has 0 radical (unpaired) electrons. The van der Waals surface area contributed by atoms with E-state index in [1.165, 1.54) is 53.0 Å². The molecule has 1 heterocycles. The Bertz CT molecular complexity index is 1320. The van der Waals surface area contributed by atoms with E-state index in [1.807, 2.05) is 6.07 Å². The predicted octanol–water partition coefficient (Wildman–Crippen LogP) is 2.99. The van der Waals surface area contributed by atoms with Crippen LogP contribution in [0.25, 0.3) is 0 Å². The number of hydrogen-bond acceptors (Lipinski definition) is 6. The van der Waals surface area contributed by atoms with Gasteiger partial charge in [0.25, 0.3) is 11.8 Å². The zero-order valence-electron chi connectivity index (χ0n) is 18.4. The largest absolute Gasteiger partial charge is 0.295 e. The van der Waals surface area contributed by atoms with Crippen molar-refractivity contribution in [3.63, 3.8) is 0 Å². The molecule has 0 saturated carbocycles. The number of amides is 2. The quantitative estimate of drug-likeness (QED) is 0.342. The van der Waals surface area contributed by atoms with Gasteiger partial charge in [-0.3, -0.25) is 25.2 Å². The molecule has 0 aliphatic heterocycles. The van der Waals surface area contributed by atoms with Crippen molar-refractivity contribution >= 4 is 39.0 Å². The molecule has 3 N–H and O–H groups in total. The van der Waals surface area contributed by atoms with Gasteiger partial charge >= 0.3 is 0 Å². The number of ketones is 1. The third kappa shape index (κ3) is 5.41. The number of benzene rings is 2. The highest BCUT2D eigenvalue weighted by molar-refractivity contribution is 7.89. The number of hydrazine groups is 1. The molecule has 1 aliphatic rings. The summed E-state index contributed by atoms with van der Waals surface area (Å²) >= 11 is 1.45. The summed E-state index contributed by atoms with van der Waals surface area (Å²) in [5.74, 6) is -0.972. The molecule has 8 nitrogen and oxygen atoms in total. The molecule has 176 valence electrons. The van der Waals surface area contributed by atoms with E-state index in [1.54, 1.807) is 24.3 Å². The molecule has 0 fully saturated rings. The molecule has 0 unspecified atom stereocenters. The van der Waals surface area contributed by atoms with Gasteiger partial charge in [-0.15, -0.1) is 11.3 Å². The minimum absolute atomic E-state index is 0.0263. The van der Waals surface area contributed by atoms with Gasteiger partial charge in [-0.1, -0.05) is 24.3 Å². The Balaban J connectivity index is 1.30. The van der Waals surface area contributed by atoms with Crippen molar-refractivity contribution in [1.82, 2.24) is 15.6 Å². The topological polar surface area (TPSA) is 121 Å². The summed E-state index contributed by atoms with van der Waals surface area (Å²) in [7, 11) is -3.76. The average molecular weight is 498 g/mol. The molecule has 0 atom stereocenters. The van der Waals surface area contributed by atoms with Gasteiger partial charge in [-0.25, -0.2) is 13.1 Å². The zero-order valence-corrected chi connectivity index (χ0v) is 20.0. The van der Waals surface area contributed by atoms with Gasteiger partial charge in [0.1, 0.15) is 0 Å². The average Bonchev–Trinajstić information content (AvgIpc) is 3.44. The molecule has 34 heavy (non-hydrogen) atoms. The summed E-state index contributed by atoms with van der Waals surface area (Å²) in [4.78, 5) is 37.8. The van der Waals surface area contributed by atoms with Crippen molar-refractivity contribution in [2.45, 2.75) is 37.6 Å². The van der Waals surface area contributed by atoms with E-state index in [2.05, 4.69) is 15.6 Å². The molecular weight excluding hydrogens is 474 g/mol. The van der Waals surface area contributed by atoms with Crippen molar-refractivity contribution in [3.8, 4) is 0 Å². The van der Waals surface area contributed by atoms with Gasteiger partial charge in [0.2, 0.25) is 10.0 Å². The summed E-state index contributed by atoms with van der Waals surface area (Å²) in [5.41, 5.74) is 7.45. The first kappa shape index (κ1) is 23.8. The highest BCUT2D eigenvalue weighted by Gasteiger charge is 2.19. The number of fused-ring (bicyclic) bond motifs is 1. The molecule has 2 aromatic carbocycles. The van der Waals surface area contributed by atoms with Crippen LogP contribution < -0.4 is 15.6 Å². The molecule has 0 saturated heterocycles. The van der Waals surface area contributed by atoms with Crippen LogP contribution in [0.1, 0.15) is 59.7 Å². The smallest absolute Gasteiger partial charge is 0.279 e. The summed E-state index contributed by atoms with van der Waals surface area (Å²) in [6.45, 7) is 1.44. The number of aryl methyl sites for hydroxylation is 2. The van der Waals surface area contributed by atoms with E-state index in [4.69, 9.17) is 0 Å². The minimum Gasteiger partial charge on any atom is -0.295 e. The molecule has 0 spiro atoms. The first-order chi connectivity index (χ1) is 16.2. The Morgan fingerprint density at radius 3 is 2.18 bits per heavy atom. The van der Waals surface area contributed by atoms with Crippen molar-refractivity contribution in [2.24, 2.45) is 0 Å². The van der Waals surface area contributed by atoms with Crippen LogP contribution in [-0.2, 0) is 29.4 Å². The van der Waals surface area contributed by atoms with E-state index >= 15 is 0 Å². The van der Waals surface area contributed by atoms with Gasteiger partial charge in [-0.2, -0.15) is 0 Å². The van der Waals surface area contributed by atoms with E-state index in [-0.39, 0.29) is 23.1 Å². The third-order valence-corrected chi connectivity index (χ3v) is 8.17. The van der Waals surface area contributed by atoms with Gasteiger partial charge in [0, 0.05) is 22.5 Å². The highest BCUT2D eigenvalue weighted by Crippen LogP contribution is 2.30. The molecule has 4 rings (SSSR count). The third-order valence-electron chi connectivity index (χ3n) is 5.51. The monoisotopic (exact) mass is 497 g/mol. The van der Waals surface area contributed by atoms with Crippen LogP contribution in [0.3, 0.4) is 0 Å². The van der Waals surface area contributed by atoms with Crippen molar-refractivity contribution in [2.75, 3.05) is 0 Å². The number of rotatable bonds is 7. The van der Waals surface area contributed by atoms with Gasteiger partial charge in [0.05, 0.1) is 9.77 Å². The maximum Gasteiger partial charge on any atom is 0.279 e. The van der Waals surface area contributed by atoms with Crippen LogP contribution in [0, 0.1) is 0 Å². The van der Waals surface area contributed by atoms with Crippen LogP contribution in [0.15, 0.2) is 59.5 Å². The second-order valence-electron chi connectivity index (χ2n) is 7.92. The standard InChI is InChI=1S/C24H23N3O5S2/c1-15(28)17-9-11-20(12-10-17)34(31,32)25-14-16-5-7-18(8-6-16)23(29)26-27-24(30)22-13-19-3-2-4-21(19)33-22/h5-13,25H,2-4,14H2,1H3,(H,26,29)(H,27,30). The van der Waals surface area contributed by atoms with Crippen LogP contribution in [0.5, 0.6) is 0 Å². The number of carbonyl (C=O) groups is 3.